The number of alkyl halides is 1. The monoisotopic (exact) mass is 330 g/mol. The first-order valence-corrected chi connectivity index (χ1v) is 8.67. The summed E-state index contributed by atoms with van der Waals surface area (Å²) in [5.74, 6) is 1.05. The molecule has 1 aromatic rings. The molecular formula is C18H25Cl2F. The predicted molar refractivity (Wildman–Crippen MR) is 89.7 cm³/mol. The van der Waals surface area contributed by atoms with E-state index in [1.165, 1.54) is 12.8 Å². The molecule has 1 aliphatic rings. The Bertz CT molecular complexity index is 482. The van der Waals surface area contributed by atoms with E-state index < -0.39 is 0 Å². The van der Waals surface area contributed by atoms with Crippen LogP contribution in [0.2, 0.25) is 5.02 Å². The van der Waals surface area contributed by atoms with Crippen molar-refractivity contribution >= 4 is 23.2 Å². The molecule has 0 saturated heterocycles. The molecule has 1 aliphatic carbocycles. The van der Waals surface area contributed by atoms with Crippen LogP contribution in [0.5, 0.6) is 0 Å². The summed E-state index contributed by atoms with van der Waals surface area (Å²) < 4.78 is 14.2. The first-order chi connectivity index (χ1) is 9.77. The summed E-state index contributed by atoms with van der Waals surface area (Å²) in [6.07, 6.45) is 5.20. The molecule has 118 valence electrons. The van der Waals surface area contributed by atoms with Crippen molar-refractivity contribution in [2.24, 2.45) is 16.7 Å². The van der Waals surface area contributed by atoms with E-state index in [-0.39, 0.29) is 16.3 Å². The van der Waals surface area contributed by atoms with Crippen LogP contribution in [0.15, 0.2) is 18.2 Å². The van der Waals surface area contributed by atoms with Gasteiger partial charge in [-0.15, -0.1) is 11.6 Å². The van der Waals surface area contributed by atoms with Crippen molar-refractivity contribution in [1.82, 2.24) is 0 Å². The Hall–Kier alpha value is -0.270. The smallest absolute Gasteiger partial charge is 0.144 e. The van der Waals surface area contributed by atoms with E-state index in [1.54, 1.807) is 6.07 Å². The van der Waals surface area contributed by atoms with E-state index in [1.807, 2.05) is 12.1 Å². The first-order valence-electron chi connectivity index (χ1n) is 7.76. The van der Waals surface area contributed by atoms with Crippen LogP contribution < -0.4 is 0 Å². The molecule has 0 bridgehead atoms. The van der Waals surface area contributed by atoms with Gasteiger partial charge in [0.1, 0.15) is 5.82 Å². The van der Waals surface area contributed by atoms with E-state index in [2.05, 4.69) is 20.8 Å². The van der Waals surface area contributed by atoms with Gasteiger partial charge in [-0.1, -0.05) is 44.5 Å². The second kappa shape index (κ2) is 6.46. The maximum absolute atomic E-state index is 14.2. The van der Waals surface area contributed by atoms with Crippen molar-refractivity contribution in [3.05, 3.63) is 34.6 Å². The van der Waals surface area contributed by atoms with E-state index in [0.29, 0.717) is 23.3 Å². The number of hydrogen-bond acceptors (Lipinski definition) is 0. The maximum Gasteiger partial charge on any atom is 0.144 e. The zero-order valence-electron chi connectivity index (χ0n) is 13.2. The van der Waals surface area contributed by atoms with Gasteiger partial charge in [-0.05, 0) is 60.5 Å². The second-order valence-corrected chi connectivity index (χ2v) is 8.34. The van der Waals surface area contributed by atoms with Crippen LogP contribution in [0.3, 0.4) is 0 Å². The fraction of sp³-hybridized carbons (Fsp3) is 0.667. The highest BCUT2D eigenvalue weighted by Crippen LogP contribution is 2.47. The van der Waals surface area contributed by atoms with E-state index in [4.69, 9.17) is 23.2 Å². The molecule has 1 saturated carbocycles. The van der Waals surface area contributed by atoms with Crippen LogP contribution in [0.25, 0.3) is 0 Å². The lowest BCUT2D eigenvalue weighted by atomic mass is 9.63. The molecule has 2 rings (SSSR count). The quantitative estimate of drug-likeness (QED) is 0.556. The third-order valence-corrected chi connectivity index (χ3v) is 6.01. The molecule has 0 atom stereocenters. The number of benzene rings is 1. The highest BCUT2D eigenvalue weighted by atomic mass is 35.5. The number of rotatable bonds is 3. The lowest BCUT2D eigenvalue weighted by molar-refractivity contribution is 0.101. The lowest BCUT2D eigenvalue weighted by Gasteiger charge is -2.43. The summed E-state index contributed by atoms with van der Waals surface area (Å²) in [7, 11) is 0. The number of halogens is 3. The van der Waals surface area contributed by atoms with Gasteiger partial charge < -0.3 is 0 Å². The Kier molecular flexibility index (Phi) is 5.26. The van der Waals surface area contributed by atoms with Crippen LogP contribution in [0.1, 0.15) is 52.0 Å². The minimum atomic E-state index is -0.276. The molecule has 0 spiro atoms. The van der Waals surface area contributed by atoms with Crippen molar-refractivity contribution in [1.29, 1.82) is 0 Å². The second-order valence-electron chi connectivity index (χ2n) is 7.66. The highest BCUT2D eigenvalue weighted by molar-refractivity contribution is 6.30. The Labute approximate surface area is 138 Å². The molecule has 0 N–H and O–H groups in total. The zero-order chi connectivity index (χ0) is 15.7. The molecular weight excluding hydrogens is 306 g/mol. The van der Waals surface area contributed by atoms with Gasteiger partial charge in [-0.2, -0.15) is 0 Å². The zero-order valence-corrected chi connectivity index (χ0v) is 14.7. The molecule has 0 radical (unpaired) electrons. The topological polar surface area (TPSA) is 0 Å². The third kappa shape index (κ3) is 3.93. The van der Waals surface area contributed by atoms with Crippen LogP contribution in [0, 0.1) is 22.6 Å². The van der Waals surface area contributed by atoms with Crippen LogP contribution >= 0.6 is 23.2 Å². The summed E-state index contributed by atoms with van der Waals surface area (Å²) >= 11 is 12.2. The van der Waals surface area contributed by atoms with Crippen LogP contribution in [-0.4, -0.2) is 5.88 Å². The predicted octanol–water partition coefficient (Wildman–Crippen LogP) is 6.48. The van der Waals surface area contributed by atoms with Gasteiger partial charge in [0.05, 0.1) is 5.02 Å². The normalized spacial score (nSPS) is 26.9. The summed E-state index contributed by atoms with van der Waals surface area (Å²) in [5, 5.41) is 0.209. The van der Waals surface area contributed by atoms with Crippen molar-refractivity contribution in [2.45, 2.75) is 52.9 Å². The van der Waals surface area contributed by atoms with E-state index in [9.17, 15) is 4.39 Å². The third-order valence-electron chi connectivity index (χ3n) is 5.15. The Balaban J connectivity index is 2.12. The summed E-state index contributed by atoms with van der Waals surface area (Å²) in [4.78, 5) is 0. The molecule has 0 amide bonds. The van der Waals surface area contributed by atoms with E-state index in [0.717, 1.165) is 18.8 Å². The van der Waals surface area contributed by atoms with Gasteiger partial charge in [-0.25, -0.2) is 4.39 Å². The highest BCUT2D eigenvalue weighted by Gasteiger charge is 2.38. The summed E-state index contributed by atoms with van der Waals surface area (Å²) in [6.45, 7) is 6.92. The minimum absolute atomic E-state index is 0.0226. The lowest BCUT2D eigenvalue weighted by Crippen LogP contribution is -2.35. The summed E-state index contributed by atoms with van der Waals surface area (Å²) in [5.41, 5.74) is 1.08. The average molecular weight is 331 g/mol. The molecule has 0 aliphatic heterocycles. The van der Waals surface area contributed by atoms with Crippen molar-refractivity contribution in [3.8, 4) is 0 Å². The van der Waals surface area contributed by atoms with Crippen LogP contribution in [0.4, 0.5) is 4.39 Å². The van der Waals surface area contributed by atoms with Gasteiger partial charge >= 0.3 is 0 Å². The fourth-order valence-corrected chi connectivity index (χ4v) is 4.10. The van der Waals surface area contributed by atoms with Gasteiger partial charge in [0.25, 0.3) is 0 Å². The largest absolute Gasteiger partial charge is 0.205 e. The standard InChI is InChI=1S/C18H25Cl2F/c1-17(2,3)14-7-9-18(12-19,10-8-14)11-13-5-4-6-15(20)16(13)21/h4-6,14H,7-12H2,1-3H3. The molecule has 21 heavy (non-hydrogen) atoms. The minimum Gasteiger partial charge on any atom is -0.205 e. The van der Waals surface area contributed by atoms with Gasteiger partial charge in [0.15, 0.2) is 0 Å². The Morgan fingerprint density at radius 3 is 2.38 bits per heavy atom. The van der Waals surface area contributed by atoms with E-state index >= 15 is 0 Å². The van der Waals surface area contributed by atoms with Crippen molar-refractivity contribution in [3.63, 3.8) is 0 Å². The molecule has 3 heteroatoms. The Morgan fingerprint density at radius 1 is 1.24 bits per heavy atom. The number of hydrogen-bond donors (Lipinski definition) is 0. The van der Waals surface area contributed by atoms with Gasteiger partial charge in [0.2, 0.25) is 0 Å². The van der Waals surface area contributed by atoms with Crippen LogP contribution in [-0.2, 0) is 6.42 Å². The average Bonchev–Trinajstić information content (AvgIpc) is 2.43. The molecule has 0 heterocycles. The van der Waals surface area contributed by atoms with Gasteiger partial charge in [-0.3, -0.25) is 0 Å². The van der Waals surface area contributed by atoms with Crippen molar-refractivity contribution < 1.29 is 4.39 Å². The fourth-order valence-electron chi connectivity index (χ4n) is 3.54. The molecule has 1 fully saturated rings. The SMILES string of the molecule is CC(C)(C)C1CCC(CCl)(Cc2cccc(Cl)c2F)CC1. The Morgan fingerprint density at radius 2 is 1.86 bits per heavy atom. The molecule has 0 unspecified atom stereocenters. The molecule has 1 aromatic carbocycles. The van der Waals surface area contributed by atoms with Gasteiger partial charge in [0, 0.05) is 5.88 Å². The van der Waals surface area contributed by atoms with Crippen molar-refractivity contribution in [2.75, 3.05) is 5.88 Å². The molecule has 0 nitrogen and oxygen atoms in total. The maximum atomic E-state index is 14.2. The molecule has 0 aromatic heterocycles. The first kappa shape index (κ1) is 17.1. The summed E-state index contributed by atoms with van der Waals surface area (Å²) in [6, 6.07) is 5.26.